The molecule has 7 nitrogen and oxygen atoms in total. The number of aromatic nitrogens is 2. The molecule has 0 radical (unpaired) electrons. The number of benzene rings is 2. The van der Waals surface area contributed by atoms with Gasteiger partial charge in [0.1, 0.15) is 0 Å². The zero-order valence-corrected chi connectivity index (χ0v) is 16.1. The molecule has 0 aliphatic rings. The van der Waals surface area contributed by atoms with E-state index in [9.17, 15) is 9.59 Å². The number of carbonyl (C=O) groups excluding carboxylic acids is 1. The topological polar surface area (TPSA) is 82.5 Å². The Morgan fingerprint density at radius 2 is 1.82 bits per heavy atom. The summed E-state index contributed by atoms with van der Waals surface area (Å²) in [4.78, 5) is 29.3. The van der Waals surface area contributed by atoms with Gasteiger partial charge in [0.05, 0.1) is 37.5 Å². The van der Waals surface area contributed by atoms with Crippen molar-refractivity contribution in [2.75, 3.05) is 14.2 Å². The quantitative estimate of drug-likeness (QED) is 0.680. The fourth-order valence-electron chi connectivity index (χ4n) is 3.01. The van der Waals surface area contributed by atoms with Gasteiger partial charge in [0.15, 0.2) is 11.5 Å². The van der Waals surface area contributed by atoms with Crippen LogP contribution in [0.5, 0.6) is 11.5 Å². The normalized spacial score (nSPS) is 11.8. The summed E-state index contributed by atoms with van der Waals surface area (Å²) in [5.41, 5.74) is 1.32. The van der Waals surface area contributed by atoms with Crippen LogP contribution in [-0.4, -0.2) is 29.7 Å². The minimum atomic E-state index is -0.227. The Labute approximate surface area is 162 Å². The number of methoxy groups -OCH3 is 2. The Bertz CT molecular complexity index is 1030. The van der Waals surface area contributed by atoms with E-state index in [1.54, 1.807) is 12.1 Å². The maximum absolute atomic E-state index is 12.7. The SMILES string of the molecule is COc1cc2ncn(CCC(=O)N[C@H](C)c3ccccc3)c(=O)c2cc1OC. The molecule has 1 aromatic heterocycles. The monoisotopic (exact) mass is 381 g/mol. The lowest BCUT2D eigenvalue weighted by Crippen LogP contribution is -2.29. The standard InChI is InChI=1S/C21H23N3O4/c1-14(15-7-5-4-6-8-15)23-20(25)9-10-24-13-22-17-12-19(28-3)18(27-2)11-16(17)21(24)26/h4-8,11-14H,9-10H2,1-3H3,(H,23,25)/t14-/m1/s1. The van der Waals surface area contributed by atoms with E-state index in [0.29, 0.717) is 22.4 Å². The van der Waals surface area contributed by atoms with Crippen LogP contribution in [0.15, 0.2) is 53.6 Å². The molecular formula is C21H23N3O4. The van der Waals surface area contributed by atoms with Gasteiger partial charge >= 0.3 is 0 Å². The molecule has 2 aromatic carbocycles. The highest BCUT2D eigenvalue weighted by atomic mass is 16.5. The Kier molecular flexibility index (Phi) is 5.93. The summed E-state index contributed by atoms with van der Waals surface area (Å²) in [5, 5.41) is 3.36. The summed E-state index contributed by atoms with van der Waals surface area (Å²) in [6.45, 7) is 2.17. The average molecular weight is 381 g/mol. The van der Waals surface area contributed by atoms with Crippen LogP contribution in [0, 0.1) is 0 Å². The number of aryl methyl sites for hydroxylation is 1. The molecule has 0 bridgehead atoms. The molecule has 7 heteroatoms. The number of carbonyl (C=O) groups is 1. The van der Waals surface area contributed by atoms with Crippen molar-refractivity contribution >= 4 is 16.8 Å². The Hall–Kier alpha value is -3.35. The fraction of sp³-hybridized carbons (Fsp3) is 0.286. The molecule has 1 amide bonds. The van der Waals surface area contributed by atoms with Gasteiger partial charge in [-0.2, -0.15) is 0 Å². The van der Waals surface area contributed by atoms with E-state index in [4.69, 9.17) is 9.47 Å². The highest BCUT2D eigenvalue weighted by molar-refractivity contribution is 5.81. The van der Waals surface area contributed by atoms with Gasteiger partial charge in [0, 0.05) is 19.0 Å². The first-order chi connectivity index (χ1) is 13.5. The van der Waals surface area contributed by atoms with Crippen molar-refractivity contribution in [1.29, 1.82) is 0 Å². The smallest absolute Gasteiger partial charge is 0.261 e. The molecule has 0 spiro atoms. The van der Waals surface area contributed by atoms with Gasteiger partial charge in [-0.25, -0.2) is 4.98 Å². The van der Waals surface area contributed by atoms with Gasteiger partial charge in [-0.3, -0.25) is 14.2 Å². The molecule has 0 unspecified atom stereocenters. The second-order valence-electron chi connectivity index (χ2n) is 6.42. The van der Waals surface area contributed by atoms with Crippen LogP contribution >= 0.6 is 0 Å². The van der Waals surface area contributed by atoms with Crippen LogP contribution < -0.4 is 20.3 Å². The summed E-state index contributed by atoms with van der Waals surface area (Å²) < 4.78 is 11.9. The molecule has 1 N–H and O–H groups in total. The third-order valence-corrected chi connectivity index (χ3v) is 4.59. The minimum absolute atomic E-state index is 0.100. The van der Waals surface area contributed by atoms with Gasteiger partial charge in [-0.1, -0.05) is 30.3 Å². The third-order valence-electron chi connectivity index (χ3n) is 4.59. The second-order valence-corrected chi connectivity index (χ2v) is 6.42. The first-order valence-electron chi connectivity index (χ1n) is 8.99. The van der Waals surface area contributed by atoms with E-state index in [1.807, 2.05) is 37.3 Å². The predicted molar refractivity (Wildman–Crippen MR) is 107 cm³/mol. The fourth-order valence-corrected chi connectivity index (χ4v) is 3.01. The molecule has 3 aromatic rings. The molecule has 1 atom stereocenters. The van der Waals surface area contributed by atoms with Crippen molar-refractivity contribution in [3.63, 3.8) is 0 Å². The molecule has 0 saturated carbocycles. The van der Waals surface area contributed by atoms with Crippen molar-refractivity contribution in [3.8, 4) is 11.5 Å². The summed E-state index contributed by atoms with van der Waals surface area (Å²) in [5.74, 6) is 0.839. The van der Waals surface area contributed by atoms with Crippen molar-refractivity contribution in [3.05, 3.63) is 64.7 Å². The Morgan fingerprint density at radius 1 is 1.14 bits per heavy atom. The number of rotatable bonds is 7. The van der Waals surface area contributed by atoms with Crippen LogP contribution in [0.3, 0.4) is 0 Å². The van der Waals surface area contributed by atoms with Gasteiger partial charge in [-0.05, 0) is 18.6 Å². The Balaban J connectivity index is 1.73. The number of nitrogens with zero attached hydrogens (tertiary/aromatic N) is 2. The van der Waals surface area contributed by atoms with Crippen molar-refractivity contribution in [1.82, 2.24) is 14.9 Å². The summed E-state index contributed by atoms with van der Waals surface area (Å²) in [6, 6.07) is 12.9. The molecule has 28 heavy (non-hydrogen) atoms. The van der Waals surface area contributed by atoms with Gasteiger partial charge in [0.25, 0.3) is 5.56 Å². The maximum Gasteiger partial charge on any atom is 0.261 e. The molecule has 0 aliphatic carbocycles. The number of amides is 1. The van der Waals surface area contributed by atoms with Gasteiger partial charge < -0.3 is 14.8 Å². The zero-order valence-electron chi connectivity index (χ0n) is 16.1. The van der Waals surface area contributed by atoms with E-state index in [-0.39, 0.29) is 30.5 Å². The largest absolute Gasteiger partial charge is 0.493 e. The summed E-state index contributed by atoms with van der Waals surface area (Å²) >= 11 is 0. The van der Waals surface area contributed by atoms with Crippen LogP contribution in [0.1, 0.15) is 24.9 Å². The molecule has 146 valence electrons. The first-order valence-corrected chi connectivity index (χ1v) is 8.99. The van der Waals surface area contributed by atoms with Crippen molar-refractivity contribution in [2.45, 2.75) is 25.9 Å². The lowest BCUT2D eigenvalue weighted by atomic mass is 10.1. The summed E-state index contributed by atoms with van der Waals surface area (Å²) in [7, 11) is 3.04. The minimum Gasteiger partial charge on any atom is -0.493 e. The zero-order chi connectivity index (χ0) is 20.1. The first kappa shape index (κ1) is 19.4. The highest BCUT2D eigenvalue weighted by Crippen LogP contribution is 2.29. The number of hydrogen-bond donors (Lipinski definition) is 1. The van der Waals surface area contributed by atoms with Crippen molar-refractivity contribution in [2.24, 2.45) is 0 Å². The molecule has 1 heterocycles. The van der Waals surface area contributed by atoms with Crippen molar-refractivity contribution < 1.29 is 14.3 Å². The Morgan fingerprint density at radius 3 is 2.50 bits per heavy atom. The van der Waals surface area contributed by atoms with Crippen LogP contribution in [0.2, 0.25) is 0 Å². The highest BCUT2D eigenvalue weighted by Gasteiger charge is 2.13. The molecular weight excluding hydrogens is 358 g/mol. The number of hydrogen-bond acceptors (Lipinski definition) is 5. The maximum atomic E-state index is 12.7. The van der Waals surface area contributed by atoms with Crippen LogP contribution in [-0.2, 0) is 11.3 Å². The lowest BCUT2D eigenvalue weighted by molar-refractivity contribution is -0.121. The van der Waals surface area contributed by atoms with Crippen LogP contribution in [0.25, 0.3) is 10.9 Å². The second kappa shape index (κ2) is 8.56. The predicted octanol–water partition coefficient (Wildman–Crippen LogP) is 2.68. The van der Waals surface area contributed by atoms with Gasteiger partial charge in [-0.15, -0.1) is 0 Å². The van der Waals surface area contributed by atoms with E-state index in [0.717, 1.165) is 5.56 Å². The van der Waals surface area contributed by atoms with Crippen LogP contribution in [0.4, 0.5) is 0 Å². The molecule has 0 saturated heterocycles. The summed E-state index contributed by atoms with van der Waals surface area (Å²) in [6.07, 6.45) is 1.63. The molecule has 0 fully saturated rings. The van der Waals surface area contributed by atoms with E-state index in [2.05, 4.69) is 10.3 Å². The van der Waals surface area contributed by atoms with E-state index < -0.39 is 0 Å². The number of nitrogens with one attached hydrogen (secondary N) is 1. The number of fused-ring (bicyclic) bond motifs is 1. The lowest BCUT2D eigenvalue weighted by Gasteiger charge is -2.15. The van der Waals surface area contributed by atoms with Gasteiger partial charge in [0.2, 0.25) is 5.91 Å². The molecule has 3 rings (SSSR count). The number of ether oxygens (including phenoxy) is 2. The molecule has 0 aliphatic heterocycles. The third kappa shape index (κ3) is 4.14. The van der Waals surface area contributed by atoms with E-state index in [1.165, 1.54) is 25.1 Å². The average Bonchev–Trinajstić information content (AvgIpc) is 2.73. The van der Waals surface area contributed by atoms with E-state index >= 15 is 0 Å².